The van der Waals surface area contributed by atoms with Crippen LogP contribution in [0.3, 0.4) is 0 Å². The van der Waals surface area contributed by atoms with Crippen molar-refractivity contribution < 1.29 is 19.1 Å². The predicted octanol–water partition coefficient (Wildman–Crippen LogP) is 1.47. The molecule has 3 amide bonds. The van der Waals surface area contributed by atoms with E-state index in [1.54, 1.807) is 12.1 Å². The van der Waals surface area contributed by atoms with Gasteiger partial charge < -0.3 is 10.1 Å². The molecule has 3 heterocycles. The molecule has 2 atom stereocenters. The molecule has 7 heteroatoms. The molecule has 0 aromatic heterocycles. The van der Waals surface area contributed by atoms with Crippen molar-refractivity contribution in [3.05, 3.63) is 29.3 Å². The molecule has 7 nitrogen and oxygen atoms in total. The Labute approximate surface area is 152 Å². The van der Waals surface area contributed by atoms with Gasteiger partial charge in [-0.15, -0.1) is 0 Å². The van der Waals surface area contributed by atoms with E-state index in [0.29, 0.717) is 30.7 Å². The first kappa shape index (κ1) is 17.0. The monoisotopic (exact) mass is 357 g/mol. The van der Waals surface area contributed by atoms with Gasteiger partial charge in [-0.05, 0) is 49.1 Å². The molecule has 2 fully saturated rings. The van der Waals surface area contributed by atoms with E-state index in [4.69, 9.17) is 4.74 Å². The highest BCUT2D eigenvalue weighted by molar-refractivity contribution is 6.04. The van der Waals surface area contributed by atoms with Crippen molar-refractivity contribution >= 4 is 17.7 Å². The molecule has 0 aliphatic carbocycles. The van der Waals surface area contributed by atoms with E-state index in [0.717, 1.165) is 35.8 Å². The maximum Gasteiger partial charge on any atom is 0.273 e. The maximum atomic E-state index is 12.7. The molecule has 4 rings (SSSR count). The van der Waals surface area contributed by atoms with Crippen LogP contribution in [0.5, 0.6) is 5.75 Å². The van der Waals surface area contributed by atoms with E-state index in [9.17, 15) is 14.4 Å². The number of nitrogens with one attached hydrogen (secondary N) is 1. The number of imide groups is 1. The zero-order valence-electron chi connectivity index (χ0n) is 14.9. The number of amides is 3. The average molecular weight is 357 g/mol. The molecule has 1 aromatic rings. The van der Waals surface area contributed by atoms with Crippen LogP contribution in [0.1, 0.15) is 48.5 Å². The molecule has 138 valence electrons. The van der Waals surface area contributed by atoms with E-state index < -0.39 is 0 Å². The summed E-state index contributed by atoms with van der Waals surface area (Å²) in [5.74, 6) is 0.373. The number of ether oxygens (including phenoxy) is 1. The van der Waals surface area contributed by atoms with Gasteiger partial charge in [0.1, 0.15) is 11.9 Å². The Morgan fingerprint density at radius 2 is 1.88 bits per heavy atom. The van der Waals surface area contributed by atoms with E-state index in [1.807, 2.05) is 6.07 Å². The summed E-state index contributed by atoms with van der Waals surface area (Å²) >= 11 is 0. The van der Waals surface area contributed by atoms with Crippen molar-refractivity contribution in [2.45, 2.75) is 45.3 Å². The van der Waals surface area contributed by atoms with Gasteiger partial charge in [0.2, 0.25) is 11.8 Å². The predicted molar refractivity (Wildman–Crippen MR) is 93.1 cm³/mol. The number of benzene rings is 1. The fourth-order valence-electron chi connectivity index (χ4n) is 3.92. The van der Waals surface area contributed by atoms with Gasteiger partial charge >= 0.3 is 0 Å². The van der Waals surface area contributed by atoms with Gasteiger partial charge in [-0.3, -0.25) is 14.4 Å². The van der Waals surface area contributed by atoms with Gasteiger partial charge in [-0.2, -0.15) is 5.01 Å². The molecule has 0 saturated carbocycles. The highest BCUT2D eigenvalue weighted by atomic mass is 16.5. The van der Waals surface area contributed by atoms with E-state index in [-0.39, 0.29) is 30.4 Å². The van der Waals surface area contributed by atoms with Crippen molar-refractivity contribution in [1.82, 2.24) is 15.3 Å². The number of rotatable bonds is 3. The summed E-state index contributed by atoms with van der Waals surface area (Å²) in [6, 6.07) is 5.37. The SMILES string of the molecule is C[C@@H]1CNC[C@H](Oc2ccc3c(c2)CN(N2C(=O)CCCC2=O)C3=O)C1. The number of carbonyl (C=O) groups is 3. The Morgan fingerprint density at radius 1 is 1.12 bits per heavy atom. The smallest absolute Gasteiger partial charge is 0.273 e. The zero-order valence-corrected chi connectivity index (χ0v) is 14.9. The summed E-state index contributed by atoms with van der Waals surface area (Å²) < 4.78 is 6.07. The van der Waals surface area contributed by atoms with Crippen LogP contribution >= 0.6 is 0 Å². The van der Waals surface area contributed by atoms with Crippen LogP contribution in [-0.2, 0) is 16.1 Å². The second-order valence-electron chi connectivity index (χ2n) is 7.37. The zero-order chi connectivity index (χ0) is 18.3. The lowest BCUT2D eigenvalue weighted by atomic mass is 9.99. The molecule has 0 spiro atoms. The van der Waals surface area contributed by atoms with Gasteiger partial charge in [-0.25, -0.2) is 5.01 Å². The Bertz CT molecular complexity index is 747. The van der Waals surface area contributed by atoms with E-state index >= 15 is 0 Å². The summed E-state index contributed by atoms with van der Waals surface area (Å²) in [4.78, 5) is 36.9. The van der Waals surface area contributed by atoms with Gasteiger partial charge in [0.05, 0.1) is 6.54 Å². The molecular formula is C19H23N3O4. The van der Waals surface area contributed by atoms with Crippen LogP contribution in [0.2, 0.25) is 0 Å². The Kier molecular flexibility index (Phi) is 4.40. The lowest BCUT2D eigenvalue weighted by Crippen LogP contribution is -2.51. The lowest BCUT2D eigenvalue weighted by Gasteiger charge is -2.32. The number of fused-ring (bicyclic) bond motifs is 1. The summed E-state index contributed by atoms with van der Waals surface area (Å²) in [6.07, 6.45) is 2.25. The summed E-state index contributed by atoms with van der Waals surface area (Å²) in [5, 5.41) is 5.65. The minimum absolute atomic E-state index is 0.107. The van der Waals surface area contributed by atoms with Gasteiger partial charge in [0.25, 0.3) is 5.91 Å². The van der Waals surface area contributed by atoms with Gasteiger partial charge in [0.15, 0.2) is 0 Å². The third-order valence-electron chi connectivity index (χ3n) is 5.19. The van der Waals surface area contributed by atoms with Crippen LogP contribution in [0.15, 0.2) is 18.2 Å². The van der Waals surface area contributed by atoms with Crippen molar-refractivity contribution in [2.75, 3.05) is 13.1 Å². The maximum absolute atomic E-state index is 12.7. The standard InChI is InChI=1S/C19H23N3O4/c1-12-7-15(10-20-9-12)26-14-5-6-16-13(8-14)11-21(19(16)25)22-17(23)3-2-4-18(22)24/h5-6,8,12,15,20H,2-4,7,9-11H2,1H3/t12-,15+/m0/s1. The number of nitrogens with zero attached hydrogens (tertiary/aromatic N) is 2. The topological polar surface area (TPSA) is 79.0 Å². The van der Waals surface area contributed by atoms with Crippen LogP contribution in [-0.4, -0.2) is 46.9 Å². The van der Waals surface area contributed by atoms with E-state index in [1.165, 1.54) is 5.01 Å². The van der Waals surface area contributed by atoms with Crippen LogP contribution < -0.4 is 10.1 Å². The summed E-state index contributed by atoms with van der Waals surface area (Å²) in [5.41, 5.74) is 1.31. The minimum atomic E-state index is -0.304. The Morgan fingerprint density at radius 3 is 2.62 bits per heavy atom. The number of piperidine rings is 2. The second-order valence-corrected chi connectivity index (χ2v) is 7.37. The van der Waals surface area contributed by atoms with Gasteiger partial charge in [0, 0.05) is 24.9 Å². The first-order chi connectivity index (χ1) is 12.5. The normalized spacial score (nSPS) is 26.3. The third kappa shape index (κ3) is 3.07. The van der Waals surface area contributed by atoms with Crippen LogP contribution in [0.4, 0.5) is 0 Å². The largest absolute Gasteiger partial charge is 0.489 e. The molecular weight excluding hydrogens is 334 g/mol. The van der Waals surface area contributed by atoms with Crippen molar-refractivity contribution in [2.24, 2.45) is 5.92 Å². The van der Waals surface area contributed by atoms with E-state index in [2.05, 4.69) is 12.2 Å². The number of hydrazine groups is 1. The number of hydrogen-bond acceptors (Lipinski definition) is 5. The Balaban J connectivity index is 1.51. The first-order valence-corrected chi connectivity index (χ1v) is 9.21. The molecule has 0 unspecified atom stereocenters. The van der Waals surface area contributed by atoms with Crippen molar-refractivity contribution in [3.63, 3.8) is 0 Å². The fraction of sp³-hybridized carbons (Fsp3) is 0.526. The minimum Gasteiger partial charge on any atom is -0.489 e. The van der Waals surface area contributed by atoms with Gasteiger partial charge in [-0.1, -0.05) is 6.92 Å². The van der Waals surface area contributed by atoms with Crippen molar-refractivity contribution in [1.29, 1.82) is 0 Å². The second kappa shape index (κ2) is 6.72. The van der Waals surface area contributed by atoms with Crippen LogP contribution in [0.25, 0.3) is 0 Å². The molecule has 1 aromatic carbocycles. The highest BCUT2D eigenvalue weighted by Gasteiger charge is 2.39. The molecule has 26 heavy (non-hydrogen) atoms. The van der Waals surface area contributed by atoms with Crippen molar-refractivity contribution in [3.8, 4) is 5.75 Å². The number of hydrogen-bond donors (Lipinski definition) is 1. The third-order valence-corrected chi connectivity index (χ3v) is 5.19. The molecule has 3 aliphatic rings. The number of carbonyl (C=O) groups excluding carboxylic acids is 3. The highest BCUT2D eigenvalue weighted by Crippen LogP contribution is 2.30. The molecule has 2 saturated heterocycles. The Hall–Kier alpha value is -2.41. The molecule has 3 aliphatic heterocycles. The summed E-state index contributed by atoms with van der Waals surface area (Å²) in [6.45, 7) is 4.23. The average Bonchev–Trinajstić information content (AvgIpc) is 2.91. The fourth-order valence-corrected chi connectivity index (χ4v) is 3.92. The quantitative estimate of drug-likeness (QED) is 0.829. The molecule has 0 radical (unpaired) electrons. The lowest BCUT2D eigenvalue weighted by molar-refractivity contribution is -0.163. The first-order valence-electron chi connectivity index (χ1n) is 9.21. The summed E-state index contributed by atoms with van der Waals surface area (Å²) in [7, 11) is 0. The van der Waals surface area contributed by atoms with Crippen LogP contribution in [0, 0.1) is 5.92 Å². The molecule has 1 N–H and O–H groups in total. The molecule has 0 bridgehead atoms.